The molecule has 0 atom stereocenters. The number of benzene rings is 2. The van der Waals surface area contributed by atoms with Crippen LogP contribution >= 0.6 is 23.2 Å². The molecule has 0 fully saturated rings. The second-order valence-electron chi connectivity index (χ2n) is 4.08. The second kappa shape index (κ2) is 6.09. The molecule has 0 heterocycles. The van der Waals surface area contributed by atoms with Crippen LogP contribution in [0.1, 0.15) is 15.9 Å². The first kappa shape index (κ1) is 13.9. The normalized spacial score (nSPS) is 10.3. The SMILES string of the molecule is COc1ccc(C(=O)Cc2ccc(Cl)cc2)cc1Cl. The molecule has 0 aromatic heterocycles. The molecule has 19 heavy (non-hydrogen) atoms. The monoisotopic (exact) mass is 294 g/mol. The number of methoxy groups -OCH3 is 1. The van der Waals surface area contributed by atoms with Crippen molar-refractivity contribution in [2.24, 2.45) is 0 Å². The summed E-state index contributed by atoms with van der Waals surface area (Å²) < 4.78 is 5.05. The quantitative estimate of drug-likeness (QED) is 0.780. The summed E-state index contributed by atoms with van der Waals surface area (Å²) >= 11 is 11.8. The van der Waals surface area contributed by atoms with Gasteiger partial charge in [-0.15, -0.1) is 0 Å². The van der Waals surface area contributed by atoms with Crippen LogP contribution in [0.25, 0.3) is 0 Å². The van der Waals surface area contributed by atoms with Crippen molar-refractivity contribution in [2.75, 3.05) is 7.11 Å². The van der Waals surface area contributed by atoms with Crippen LogP contribution in [0.3, 0.4) is 0 Å². The van der Waals surface area contributed by atoms with E-state index in [2.05, 4.69) is 0 Å². The highest BCUT2D eigenvalue weighted by Crippen LogP contribution is 2.25. The maximum Gasteiger partial charge on any atom is 0.167 e. The molecule has 2 nitrogen and oxygen atoms in total. The number of rotatable bonds is 4. The Morgan fingerprint density at radius 3 is 2.37 bits per heavy atom. The van der Waals surface area contributed by atoms with Crippen molar-refractivity contribution < 1.29 is 9.53 Å². The molecule has 2 aromatic carbocycles. The van der Waals surface area contributed by atoms with E-state index in [1.165, 1.54) is 7.11 Å². The number of ketones is 1. The van der Waals surface area contributed by atoms with Crippen LogP contribution < -0.4 is 4.74 Å². The van der Waals surface area contributed by atoms with Crippen molar-refractivity contribution in [1.29, 1.82) is 0 Å². The molecule has 0 radical (unpaired) electrons. The summed E-state index contributed by atoms with van der Waals surface area (Å²) in [6, 6.07) is 12.2. The molecule has 0 aliphatic rings. The Morgan fingerprint density at radius 1 is 1.11 bits per heavy atom. The predicted molar refractivity (Wildman–Crippen MR) is 77.5 cm³/mol. The molecule has 2 rings (SSSR count). The molecule has 0 aliphatic heterocycles. The number of hydrogen-bond acceptors (Lipinski definition) is 2. The molecular formula is C15H12Cl2O2. The van der Waals surface area contributed by atoms with Crippen molar-refractivity contribution in [3.63, 3.8) is 0 Å². The number of carbonyl (C=O) groups is 1. The summed E-state index contributed by atoms with van der Waals surface area (Å²) in [5, 5.41) is 1.09. The number of halogens is 2. The number of ether oxygens (including phenoxy) is 1. The molecule has 0 saturated carbocycles. The van der Waals surface area contributed by atoms with E-state index in [1.54, 1.807) is 30.3 Å². The maximum absolute atomic E-state index is 12.1. The van der Waals surface area contributed by atoms with Crippen LogP contribution in [0.4, 0.5) is 0 Å². The third-order valence-corrected chi connectivity index (χ3v) is 3.30. The minimum absolute atomic E-state index is 0.00637. The molecule has 0 amide bonds. The molecule has 0 unspecified atom stereocenters. The van der Waals surface area contributed by atoms with Crippen LogP contribution in [0.2, 0.25) is 10.0 Å². The van der Waals surface area contributed by atoms with E-state index < -0.39 is 0 Å². The lowest BCUT2D eigenvalue weighted by Gasteiger charge is -2.06. The van der Waals surface area contributed by atoms with Gasteiger partial charge in [0.25, 0.3) is 0 Å². The average molecular weight is 295 g/mol. The summed E-state index contributed by atoms with van der Waals surface area (Å²) in [6.07, 6.45) is 0.319. The Kier molecular flexibility index (Phi) is 4.46. The van der Waals surface area contributed by atoms with Gasteiger partial charge in [0.15, 0.2) is 5.78 Å². The fourth-order valence-corrected chi connectivity index (χ4v) is 2.11. The third kappa shape index (κ3) is 3.49. The van der Waals surface area contributed by atoms with Gasteiger partial charge in [-0.05, 0) is 35.9 Å². The Labute approximate surface area is 121 Å². The molecule has 4 heteroatoms. The summed E-state index contributed by atoms with van der Waals surface area (Å²) in [4.78, 5) is 12.1. The van der Waals surface area contributed by atoms with Gasteiger partial charge in [-0.3, -0.25) is 4.79 Å². The van der Waals surface area contributed by atoms with Crippen molar-refractivity contribution in [3.8, 4) is 5.75 Å². The zero-order valence-corrected chi connectivity index (χ0v) is 11.8. The van der Waals surface area contributed by atoms with Crippen molar-refractivity contribution >= 4 is 29.0 Å². The van der Waals surface area contributed by atoms with Gasteiger partial charge in [-0.25, -0.2) is 0 Å². The fourth-order valence-electron chi connectivity index (χ4n) is 1.73. The third-order valence-electron chi connectivity index (χ3n) is 2.75. The maximum atomic E-state index is 12.1. The van der Waals surface area contributed by atoms with Gasteiger partial charge >= 0.3 is 0 Å². The fraction of sp³-hybridized carbons (Fsp3) is 0.133. The van der Waals surface area contributed by atoms with Gasteiger partial charge < -0.3 is 4.74 Å². The molecule has 98 valence electrons. The van der Waals surface area contributed by atoms with Crippen LogP contribution in [0, 0.1) is 0 Å². The zero-order chi connectivity index (χ0) is 13.8. The van der Waals surface area contributed by atoms with E-state index in [9.17, 15) is 4.79 Å². The minimum atomic E-state index is 0.00637. The van der Waals surface area contributed by atoms with Crippen LogP contribution in [0.5, 0.6) is 5.75 Å². The van der Waals surface area contributed by atoms with E-state index in [0.717, 1.165) is 5.56 Å². The lowest BCUT2D eigenvalue weighted by molar-refractivity contribution is 0.0993. The van der Waals surface area contributed by atoms with E-state index in [4.69, 9.17) is 27.9 Å². The van der Waals surface area contributed by atoms with Crippen LogP contribution in [0.15, 0.2) is 42.5 Å². The molecule has 2 aromatic rings. The average Bonchev–Trinajstić information content (AvgIpc) is 2.41. The number of hydrogen-bond donors (Lipinski definition) is 0. The molecule has 0 saturated heterocycles. The first-order chi connectivity index (χ1) is 9.10. The lowest BCUT2D eigenvalue weighted by Crippen LogP contribution is -2.03. The Balaban J connectivity index is 2.16. The summed E-state index contributed by atoms with van der Waals surface area (Å²) in [6.45, 7) is 0. The van der Waals surface area contributed by atoms with Crippen LogP contribution in [-0.4, -0.2) is 12.9 Å². The summed E-state index contributed by atoms with van der Waals surface area (Å²) in [5.41, 5.74) is 1.49. The molecule has 0 aliphatic carbocycles. The van der Waals surface area contributed by atoms with Gasteiger partial charge in [-0.2, -0.15) is 0 Å². The smallest absolute Gasteiger partial charge is 0.167 e. The van der Waals surface area contributed by atoms with E-state index >= 15 is 0 Å². The first-order valence-corrected chi connectivity index (χ1v) is 6.47. The Hall–Kier alpha value is -1.51. The minimum Gasteiger partial charge on any atom is -0.495 e. The summed E-state index contributed by atoms with van der Waals surface area (Å²) in [5.74, 6) is 0.566. The Morgan fingerprint density at radius 2 is 1.79 bits per heavy atom. The zero-order valence-electron chi connectivity index (χ0n) is 10.3. The van der Waals surface area contributed by atoms with Gasteiger partial charge in [0.2, 0.25) is 0 Å². The standard InChI is InChI=1S/C15H12Cl2O2/c1-19-15-7-4-11(9-13(15)17)14(18)8-10-2-5-12(16)6-3-10/h2-7,9H,8H2,1H3. The number of carbonyl (C=O) groups excluding carboxylic acids is 1. The molecule has 0 N–H and O–H groups in total. The van der Waals surface area contributed by atoms with Crippen molar-refractivity contribution in [1.82, 2.24) is 0 Å². The van der Waals surface area contributed by atoms with E-state index in [-0.39, 0.29) is 5.78 Å². The highest BCUT2D eigenvalue weighted by molar-refractivity contribution is 6.32. The van der Waals surface area contributed by atoms with Gasteiger partial charge in [0.05, 0.1) is 12.1 Å². The molecule has 0 bridgehead atoms. The first-order valence-electron chi connectivity index (χ1n) is 5.71. The largest absolute Gasteiger partial charge is 0.495 e. The topological polar surface area (TPSA) is 26.3 Å². The van der Waals surface area contributed by atoms with Crippen LogP contribution in [-0.2, 0) is 6.42 Å². The van der Waals surface area contributed by atoms with E-state index in [0.29, 0.717) is 27.8 Å². The van der Waals surface area contributed by atoms with Gasteiger partial charge in [-0.1, -0.05) is 35.3 Å². The lowest BCUT2D eigenvalue weighted by atomic mass is 10.0. The number of Topliss-reactive ketones (excluding diaryl/α,β-unsaturated/α-hetero) is 1. The van der Waals surface area contributed by atoms with Gasteiger partial charge in [0.1, 0.15) is 5.75 Å². The van der Waals surface area contributed by atoms with Crippen molar-refractivity contribution in [3.05, 3.63) is 63.6 Å². The highest BCUT2D eigenvalue weighted by atomic mass is 35.5. The second-order valence-corrected chi connectivity index (χ2v) is 4.92. The molecule has 0 spiro atoms. The van der Waals surface area contributed by atoms with Crippen molar-refractivity contribution in [2.45, 2.75) is 6.42 Å². The molecular weight excluding hydrogens is 283 g/mol. The van der Waals surface area contributed by atoms with Gasteiger partial charge in [0, 0.05) is 17.0 Å². The predicted octanol–water partition coefficient (Wildman–Crippen LogP) is 4.43. The highest BCUT2D eigenvalue weighted by Gasteiger charge is 2.10. The Bertz CT molecular complexity index is 592. The van der Waals surface area contributed by atoms with E-state index in [1.807, 2.05) is 12.1 Å². The summed E-state index contributed by atoms with van der Waals surface area (Å²) in [7, 11) is 1.54.